The SMILES string of the molecule is O=C(O)N1CCn2c(cnc2C2CC2)C1. The Hall–Kier alpha value is -1.52. The molecule has 80 valence electrons. The van der Waals surface area contributed by atoms with E-state index in [9.17, 15) is 4.79 Å². The van der Waals surface area contributed by atoms with E-state index in [1.807, 2.05) is 6.20 Å². The molecule has 0 spiro atoms. The molecule has 1 aliphatic carbocycles. The van der Waals surface area contributed by atoms with E-state index in [0.717, 1.165) is 18.1 Å². The molecule has 2 heterocycles. The van der Waals surface area contributed by atoms with Gasteiger partial charge in [0.15, 0.2) is 0 Å². The molecule has 1 aromatic heterocycles. The van der Waals surface area contributed by atoms with Crippen LogP contribution in [0.2, 0.25) is 0 Å². The number of imidazole rings is 1. The van der Waals surface area contributed by atoms with Crippen LogP contribution in [0.25, 0.3) is 0 Å². The van der Waals surface area contributed by atoms with Crippen LogP contribution in [0.4, 0.5) is 4.79 Å². The van der Waals surface area contributed by atoms with Crippen molar-refractivity contribution in [2.24, 2.45) is 0 Å². The van der Waals surface area contributed by atoms with E-state index in [2.05, 4.69) is 9.55 Å². The lowest BCUT2D eigenvalue weighted by atomic mass is 10.3. The van der Waals surface area contributed by atoms with E-state index in [0.29, 0.717) is 19.0 Å². The third-order valence-electron chi connectivity index (χ3n) is 3.13. The number of rotatable bonds is 1. The number of fused-ring (bicyclic) bond motifs is 1. The topological polar surface area (TPSA) is 58.4 Å². The van der Waals surface area contributed by atoms with Gasteiger partial charge in [0.2, 0.25) is 0 Å². The summed E-state index contributed by atoms with van der Waals surface area (Å²) in [7, 11) is 0. The highest BCUT2D eigenvalue weighted by molar-refractivity contribution is 5.65. The molecule has 0 bridgehead atoms. The van der Waals surface area contributed by atoms with E-state index in [4.69, 9.17) is 5.11 Å². The predicted molar refractivity (Wildman–Crippen MR) is 52.6 cm³/mol. The predicted octanol–water partition coefficient (Wildman–Crippen LogP) is 1.25. The second-order valence-corrected chi connectivity index (χ2v) is 4.24. The molecule has 0 radical (unpaired) electrons. The summed E-state index contributed by atoms with van der Waals surface area (Å²) in [6.45, 7) is 1.82. The van der Waals surface area contributed by atoms with Crippen LogP contribution < -0.4 is 0 Å². The molecule has 2 aliphatic rings. The average molecular weight is 207 g/mol. The molecular weight excluding hydrogens is 194 g/mol. The number of carboxylic acid groups (broad SMARTS) is 1. The molecule has 3 rings (SSSR count). The largest absolute Gasteiger partial charge is 0.465 e. The average Bonchev–Trinajstić information content (AvgIpc) is 2.98. The molecule has 0 unspecified atom stereocenters. The van der Waals surface area contributed by atoms with E-state index >= 15 is 0 Å². The molecule has 15 heavy (non-hydrogen) atoms. The van der Waals surface area contributed by atoms with Crippen LogP contribution in [0.3, 0.4) is 0 Å². The summed E-state index contributed by atoms with van der Waals surface area (Å²) in [4.78, 5) is 16.6. The van der Waals surface area contributed by atoms with Crippen LogP contribution in [-0.4, -0.2) is 32.2 Å². The first-order chi connectivity index (χ1) is 7.25. The summed E-state index contributed by atoms with van der Waals surface area (Å²) in [6.07, 6.45) is 3.46. The van der Waals surface area contributed by atoms with Gasteiger partial charge in [0.05, 0.1) is 18.4 Å². The van der Waals surface area contributed by atoms with Crippen LogP contribution in [0.1, 0.15) is 30.3 Å². The standard InChI is InChI=1S/C10H13N3O2/c14-10(15)12-3-4-13-8(6-12)5-11-9(13)7-1-2-7/h5,7H,1-4,6H2,(H,14,15). The minimum absolute atomic E-state index is 0.481. The number of nitrogens with zero attached hydrogens (tertiary/aromatic N) is 3. The van der Waals surface area contributed by atoms with Crippen molar-refractivity contribution in [3.63, 3.8) is 0 Å². The third kappa shape index (κ3) is 1.38. The quantitative estimate of drug-likeness (QED) is 0.754. The Morgan fingerprint density at radius 3 is 2.93 bits per heavy atom. The molecule has 5 heteroatoms. The monoisotopic (exact) mass is 207 g/mol. The number of hydrogen-bond acceptors (Lipinski definition) is 2. The second kappa shape index (κ2) is 2.98. The van der Waals surface area contributed by atoms with Crippen LogP contribution >= 0.6 is 0 Å². The van der Waals surface area contributed by atoms with E-state index in [1.54, 1.807) is 0 Å². The highest BCUT2D eigenvalue weighted by Crippen LogP contribution is 2.40. The number of carbonyl (C=O) groups is 1. The van der Waals surface area contributed by atoms with Gasteiger partial charge in [-0.1, -0.05) is 0 Å². The van der Waals surface area contributed by atoms with Gasteiger partial charge in [-0.05, 0) is 12.8 Å². The van der Waals surface area contributed by atoms with Crippen molar-refractivity contribution in [1.82, 2.24) is 14.5 Å². The van der Waals surface area contributed by atoms with Gasteiger partial charge < -0.3 is 14.6 Å². The summed E-state index contributed by atoms with van der Waals surface area (Å²) < 4.78 is 2.19. The van der Waals surface area contributed by atoms with E-state index in [1.165, 1.54) is 17.7 Å². The van der Waals surface area contributed by atoms with Gasteiger partial charge in [-0.3, -0.25) is 0 Å². The maximum Gasteiger partial charge on any atom is 0.407 e. The number of amides is 1. The summed E-state index contributed by atoms with van der Waals surface area (Å²) in [5.41, 5.74) is 1.03. The van der Waals surface area contributed by atoms with Gasteiger partial charge in [-0.2, -0.15) is 0 Å². The molecule has 0 aromatic carbocycles. The first-order valence-corrected chi connectivity index (χ1v) is 5.28. The van der Waals surface area contributed by atoms with Gasteiger partial charge >= 0.3 is 6.09 Å². The Bertz CT molecular complexity index is 409. The lowest BCUT2D eigenvalue weighted by Crippen LogP contribution is -2.37. The fraction of sp³-hybridized carbons (Fsp3) is 0.600. The van der Waals surface area contributed by atoms with Gasteiger partial charge in [0.1, 0.15) is 5.82 Å². The molecule has 1 amide bonds. The third-order valence-corrected chi connectivity index (χ3v) is 3.13. The van der Waals surface area contributed by atoms with Crippen molar-refractivity contribution in [2.75, 3.05) is 6.54 Å². The summed E-state index contributed by atoms with van der Waals surface area (Å²) in [6, 6.07) is 0. The minimum atomic E-state index is -0.838. The molecule has 0 saturated heterocycles. The summed E-state index contributed by atoms with van der Waals surface area (Å²) in [5, 5.41) is 8.89. The maximum absolute atomic E-state index is 10.8. The number of hydrogen-bond donors (Lipinski definition) is 1. The molecule has 1 aromatic rings. The van der Waals surface area contributed by atoms with Crippen molar-refractivity contribution in [2.45, 2.75) is 31.8 Å². The molecule has 1 saturated carbocycles. The normalized spacial score (nSPS) is 20.1. The Morgan fingerprint density at radius 2 is 2.27 bits per heavy atom. The van der Waals surface area contributed by atoms with Crippen molar-refractivity contribution in [3.8, 4) is 0 Å². The van der Waals surface area contributed by atoms with Crippen molar-refractivity contribution in [3.05, 3.63) is 17.7 Å². The zero-order valence-electron chi connectivity index (χ0n) is 8.39. The maximum atomic E-state index is 10.8. The molecular formula is C10H13N3O2. The van der Waals surface area contributed by atoms with Crippen molar-refractivity contribution < 1.29 is 9.90 Å². The first kappa shape index (κ1) is 8.76. The van der Waals surface area contributed by atoms with Crippen LogP contribution in [0.5, 0.6) is 0 Å². The van der Waals surface area contributed by atoms with Crippen LogP contribution in [0, 0.1) is 0 Å². The minimum Gasteiger partial charge on any atom is -0.465 e. The Kier molecular flexibility index (Phi) is 1.74. The lowest BCUT2D eigenvalue weighted by Gasteiger charge is -2.26. The van der Waals surface area contributed by atoms with Crippen molar-refractivity contribution >= 4 is 6.09 Å². The summed E-state index contributed by atoms with van der Waals surface area (Å²) in [5.74, 6) is 1.80. The van der Waals surface area contributed by atoms with Crippen molar-refractivity contribution in [1.29, 1.82) is 0 Å². The fourth-order valence-electron chi connectivity index (χ4n) is 2.14. The Morgan fingerprint density at radius 1 is 1.47 bits per heavy atom. The van der Waals surface area contributed by atoms with Gasteiger partial charge in [-0.25, -0.2) is 9.78 Å². The molecule has 5 nitrogen and oxygen atoms in total. The van der Waals surface area contributed by atoms with Gasteiger partial charge in [-0.15, -0.1) is 0 Å². The molecule has 1 N–H and O–H groups in total. The van der Waals surface area contributed by atoms with E-state index in [-0.39, 0.29) is 0 Å². The van der Waals surface area contributed by atoms with Gasteiger partial charge in [0.25, 0.3) is 0 Å². The highest BCUT2D eigenvalue weighted by Gasteiger charge is 2.31. The first-order valence-electron chi connectivity index (χ1n) is 5.28. The molecule has 0 atom stereocenters. The second-order valence-electron chi connectivity index (χ2n) is 4.24. The van der Waals surface area contributed by atoms with Gasteiger partial charge in [0, 0.05) is 19.0 Å². The summed E-state index contributed by atoms with van der Waals surface area (Å²) >= 11 is 0. The molecule has 1 aliphatic heterocycles. The van der Waals surface area contributed by atoms with Crippen LogP contribution in [0.15, 0.2) is 6.20 Å². The lowest BCUT2D eigenvalue weighted by molar-refractivity contribution is 0.132. The molecule has 1 fully saturated rings. The Labute approximate surface area is 87.3 Å². The fourth-order valence-corrected chi connectivity index (χ4v) is 2.14. The highest BCUT2D eigenvalue weighted by atomic mass is 16.4. The number of aromatic nitrogens is 2. The smallest absolute Gasteiger partial charge is 0.407 e. The zero-order valence-corrected chi connectivity index (χ0v) is 8.39. The van der Waals surface area contributed by atoms with E-state index < -0.39 is 6.09 Å². The van der Waals surface area contributed by atoms with Crippen LogP contribution in [-0.2, 0) is 13.1 Å². The zero-order chi connectivity index (χ0) is 10.4. The Balaban J connectivity index is 1.88.